The molecule has 0 atom stereocenters. The molecule has 0 heterocycles. The highest BCUT2D eigenvalue weighted by Crippen LogP contribution is 2.22. The molecule has 2 aromatic carbocycles. The molecule has 0 bridgehead atoms. The summed E-state index contributed by atoms with van der Waals surface area (Å²) in [4.78, 5) is 12.4. The van der Waals surface area contributed by atoms with Gasteiger partial charge < -0.3 is 10.1 Å². The minimum atomic E-state index is -3.59. The fourth-order valence-corrected chi connectivity index (χ4v) is 3.51. The fraction of sp³-hybridized carbons (Fsp3) is 0.350. The molecular weight excluding hydrogens is 364 g/mol. The van der Waals surface area contributed by atoms with Crippen LogP contribution in [0.1, 0.15) is 30.9 Å². The Morgan fingerprint density at radius 1 is 1.11 bits per heavy atom. The maximum absolute atomic E-state index is 12.4. The lowest BCUT2D eigenvalue weighted by atomic mass is 10.0. The SMILES string of the molecule is COc1ccccc1CNC(=O)CN(c1ccc(C(C)C)cc1)S(C)(=O)=O. The van der Waals surface area contributed by atoms with Crippen LogP contribution < -0.4 is 14.4 Å². The number of benzene rings is 2. The van der Waals surface area contributed by atoms with Crippen molar-refractivity contribution in [3.63, 3.8) is 0 Å². The zero-order valence-electron chi connectivity index (χ0n) is 16.1. The van der Waals surface area contributed by atoms with E-state index in [1.54, 1.807) is 25.3 Å². The third-order valence-corrected chi connectivity index (χ3v) is 5.34. The number of methoxy groups -OCH3 is 1. The molecular formula is C20H26N2O4S. The van der Waals surface area contributed by atoms with E-state index in [4.69, 9.17) is 4.74 Å². The molecule has 146 valence electrons. The van der Waals surface area contributed by atoms with E-state index in [-0.39, 0.29) is 19.0 Å². The third kappa shape index (κ3) is 5.72. The number of nitrogens with zero attached hydrogens (tertiary/aromatic N) is 1. The molecule has 0 saturated heterocycles. The van der Waals surface area contributed by atoms with Crippen LogP contribution in [0.4, 0.5) is 5.69 Å². The summed E-state index contributed by atoms with van der Waals surface area (Å²) in [6, 6.07) is 14.6. The summed E-state index contributed by atoms with van der Waals surface area (Å²) in [5.41, 5.74) is 2.39. The van der Waals surface area contributed by atoms with Crippen LogP contribution in [-0.2, 0) is 21.4 Å². The molecule has 7 heteroatoms. The van der Waals surface area contributed by atoms with Crippen molar-refractivity contribution in [2.75, 3.05) is 24.2 Å². The first kappa shape index (κ1) is 20.8. The van der Waals surface area contributed by atoms with Crippen molar-refractivity contribution in [3.05, 3.63) is 59.7 Å². The lowest BCUT2D eigenvalue weighted by Crippen LogP contribution is -2.40. The van der Waals surface area contributed by atoms with Crippen LogP contribution >= 0.6 is 0 Å². The second-order valence-corrected chi connectivity index (χ2v) is 8.51. The van der Waals surface area contributed by atoms with Gasteiger partial charge in [0.15, 0.2) is 0 Å². The van der Waals surface area contributed by atoms with Gasteiger partial charge in [0, 0.05) is 12.1 Å². The summed E-state index contributed by atoms with van der Waals surface area (Å²) >= 11 is 0. The van der Waals surface area contributed by atoms with E-state index in [1.165, 1.54) is 0 Å². The monoisotopic (exact) mass is 390 g/mol. The number of carbonyl (C=O) groups is 1. The Bertz CT molecular complexity index is 877. The standard InChI is InChI=1S/C20H26N2O4S/c1-15(2)16-9-11-18(12-10-16)22(27(4,24)25)14-20(23)21-13-17-7-5-6-8-19(17)26-3/h5-12,15H,13-14H2,1-4H3,(H,21,23). The van der Waals surface area contributed by atoms with Crippen molar-refractivity contribution in [1.29, 1.82) is 0 Å². The van der Waals surface area contributed by atoms with Crippen molar-refractivity contribution in [2.24, 2.45) is 0 Å². The van der Waals surface area contributed by atoms with Gasteiger partial charge in [-0.05, 0) is 29.7 Å². The highest BCUT2D eigenvalue weighted by atomic mass is 32.2. The molecule has 0 aromatic heterocycles. The molecule has 0 aliphatic rings. The summed E-state index contributed by atoms with van der Waals surface area (Å²) in [5.74, 6) is 0.621. The Hall–Kier alpha value is -2.54. The van der Waals surface area contributed by atoms with Crippen molar-refractivity contribution < 1.29 is 17.9 Å². The van der Waals surface area contributed by atoms with Gasteiger partial charge in [0.1, 0.15) is 12.3 Å². The molecule has 6 nitrogen and oxygen atoms in total. The van der Waals surface area contributed by atoms with Gasteiger partial charge in [-0.25, -0.2) is 8.42 Å². The van der Waals surface area contributed by atoms with Crippen LogP contribution in [0.25, 0.3) is 0 Å². The largest absolute Gasteiger partial charge is 0.496 e. The molecule has 0 spiro atoms. The lowest BCUT2D eigenvalue weighted by molar-refractivity contribution is -0.119. The van der Waals surface area contributed by atoms with Crippen LogP contribution in [0.15, 0.2) is 48.5 Å². The zero-order chi connectivity index (χ0) is 20.0. The van der Waals surface area contributed by atoms with Gasteiger partial charge in [0.25, 0.3) is 0 Å². The van der Waals surface area contributed by atoms with Gasteiger partial charge >= 0.3 is 0 Å². The van der Waals surface area contributed by atoms with E-state index in [2.05, 4.69) is 19.2 Å². The zero-order valence-corrected chi connectivity index (χ0v) is 16.9. The summed E-state index contributed by atoms with van der Waals surface area (Å²) in [6.45, 7) is 4.10. The Labute approximate surface area is 161 Å². The van der Waals surface area contributed by atoms with Crippen molar-refractivity contribution in [2.45, 2.75) is 26.3 Å². The number of hydrogen-bond donors (Lipinski definition) is 1. The summed E-state index contributed by atoms with van der Waals surface area (Å²) in [6.07, 6.45) is 1.09. The minimum Gasteiger partial charge on any atom is -0.496 e. The lowest BCUT2D eigenvalue weighted by Gasteiger charge is -2.22. The number of sulfonamides is 1. The highest BCUT2D eigenvalue weighted by Gasteiger charge is 2.21. The van der Waals surface area contributed by atoms with Gasteiger partial charge in [0.2, 0.25) is 15.9 Å². The molecule has 0 unspecified atom stereocenters. The van der Waals surface area contributed by atoms with Crippen LogP contribution in [0.5, 0.6) is 5.75 Å². The first-order chi connectivity index (χ1) is 12.7. The van der Waals surface area contributed by atoms with Crippen LogP contribution in [0.2, 0.25) is 0 Å². The molecule has 1 N–H and O–H groups in total. The molecule has 0 saturated carbocycles. The molecule has 2 aromatic rings. The smallest absolute Gasteiger partial charge is 0.241 e. The van der Waals surface area contributed by atoms with Crippen LogP contribution in [0.3, 0.4) is 0 Å². The first-order valence-electron chi connectivity index (χ1n) is 8.68. The molecule has 1 amide bonds. The number of hydrogen-bond acceptors (Lipinski definition) is 4. The maximum atomic E-state index is 12.4. The van der Waals surface area contributed by atoms with Gasteiger partial charge in [-0.3, -0.25) is 9.10 Å². The topological polar surface area (TPSA) is 75.7 Å². The van der Waals surface area contributed by atoms with Gasteiger partial charge in [0.05, 0.1) is 19.1 Å². The fourth-order valence-electron chi connectivity index (χ4n) is 2.65. The molecule has 0 radical (unpaired) electrons. The van der Waals surface area contributed by atoms with Crippen molar-refractivity contribution in [1.82, 2.24) is 5.32 Å². The first-order valence-corrected chi connectivity index (χ1v) is 10.5. The number of anilines is 1. The highest BCUT2D eigenvalue weighted by molar-refractivity contribution is 7.92. The molecule has 27 heavy (non-hydrogen) atoms. The number of nitrogens with one attached hydrogen (secondary N) is 1. The quantitative estimate of drug-likeness (QED) is 0.752. The predicted molar refractivity (Wildman–Crippen MR) is 108 cm³/mol. The van der Waals surface area contributed by atoms with Crippen LogP contribution in [0, 0.1) is 0 Å². The average molecular weight is 391 g/mol. The Balaban J connectivity index is 2.11. The predicted octanol–water partition coefficient (Wildman–Crippen LogP) is 2.90. The molecule has 2 rings (SSSR count). The Morgan fingerprint density at radius 2 is 1.74 bits per heavy atom. The van der Waals surface area contributed by atoms with E-state index < -0.39 is 10.0 Å². The van der Waals surface area contributed by atoms with E-state index in [9.17, 15) is 13.2 Å². The number of amides is 1. The number of para-hydroxylation sites is 1. The summed E-state index contributed by atoms with van der Waals surface area (Å²) in [5, 5.41) is 2.75. The van der Waals surface area contributed by atoms with Gasteiger partial charge in [-0.1, -0.05) is 44.2 Å². The average Bonchev–Trinajstić information content (AvgIpc) is 2.63. The van der Waals surface area contributed by atoms with E-state index in [1.807, 2.05) is 30.3 Å². The van der Waals surface area contributed by atoms with Gasteiger partial charge in [-0.2, -0.15) is 0 Å². The maximum Gasteiger partial charge on any atom is 0.241 e. The second kappa shape index (κ2) is 8.90. The Morgan fingerprint density at radius 3 is 2.30 bits per heavy atom. The minimum absolute atomic E-state index is 0.257. The molecule has 0 aliphatic carbocycles. The number of ether oxygens (including phenoxy) is 1. The van der Waals surface area contributed by atoms with Gasteiger partial charge in [-0.15, -0.1) is 0 Å². The third-order valence-electron chi connectivity index (χ3n) is 4.20. The van der Waals surface area contributed by atoms with E-state index in [0.717, 1.165) is 21.7 Å². The van der Waals surface area contributed by atoms with E-state index in [0.29, 0.717) is 17.4 Å². The number of carbonyl (C=O) groups excluding carboxylic acids is 1. The molecule has 0 fully saturated rings. The summed E-state index contributed by atoms with van der Waals surface area (Å²) < 4.78 is 30.7. The second-order valence-electron chi connectivity index (χ2n) is 6.60. The molecule has 0 aliphatic heterocycles. The normalized spacial score (nSPS) is 11.3. The Kier molecular flexibility index (Phi) is 6.85. The number of rotatable bonds is 8. The van der Waals surface area contributed by atoms with Crippen molar-refractivity contribution >= 4 is 21.6 Å². The van der Waals surface area contributed by atoms with Crippen molar-refractivity contribution in [3.8, 4) is 5.75 Å². The summed E-state index contributed by atoms with van der Waals surface area (Å²) in [7, 11) is -2.03. The van der Waals surface area contributed by atoms with E-state index >= 15 is 0 Å². The van der Waals surface area contributed by atoms with Crippen LogP contribution in [-0.4, -0.2) is 34.2 Å².